The van der Waals surface area contributed by atoms with Crippen LogP contribution in [0.15, 0.2) is 41.2 Å². The Morgan fingerprint density at radius 1 is 1.10 bits per heavy atom. The fraction of sp³-hybridized carbons (Fsp3) is 0.238. The number of carbonyl (C=O) groups is 2. The molecule has 0 radical (unpaired) electrons. The summed E-state index contributed by atoms with van der Waals surface area (Å²) >= 11 is 0. The fourth-order valence-electron chi connectivity index (χ4n) is 3.18. The number of hydrogen-bond donors (Lipinski definition) is 0. The van der Waals surface area contributed by atoms with Crippen molar-refractivity contribution in [2.24, 2.45) is 0 Å². The number of aromatic nitrogens is 2. The molecule has 148 valence electrons. The predicted molar refractivity (Wildman–Crippen MR) is 104 cm³/mol. The molecule has 0 aliphatic carbocycles. The molecular weight excluding hydrogens is 376 g/mol. The maximum atomic E-state index is 12.4. The molecule has 1 aromatic heterocycles. The molecular formula is C21H18N2O6. The number of ether oxygens (including phenoxy) is 3. The third-order valence-electron chi connectivity index (χ3n) is 4.69. The van der Waals surface area contributed by atoms with Gasteiger partial charge in [0.15, 0.2) is 23.9 Å². The molecule has 0 fully saturated rings. The van der Waals surface area contributed by atoms with Crippen molar-refractivity contribution in [3.8, 4) is 11.5 Å². The van der Waals surface area contributed by atoms with Gasteiger partial charge in [-0.3, -0.25) is 9.59 Å². The molecule has 0 N–H and O–H groups in total. The van der Waals surface area contributed by atoms with Crippen molar-refractivity contribution in [2.75, 3.05) is 13.4 Å². The van der Waals surface area contributed by atoms with Crippen LogP contribution in [-0.2, 0) is 11.3 Å². The summed E-state index contributed by atoms with van der Waals surface area (Å²) in [6.45, 7) is 3.69. The summed E-state index contributed by atoms with van der Waals surface area (Å²) in [5.74, 6) is 0.0594. The van der Waals surface area contributed by atoms with E-state index < -0.39 is 12.6 Å². The number of ketones is 1. The number of benzene rings is 2. The minimum absolute atomic E-state index is 0.114. The zero-order valence-electron chi connectivity index (χ0n) is 15.9. The van der Waals surface area contributed by atoms with Crippen LogP contribution in [0.25, 0.3) is 11.0 Å². The molecule has 0 saturated heterocycles. The van der Waals surface area contributed by atoms with Crippen LogP contribution in [0.2, 0.25) is 0 Å². The predicted octanol–water partition coefficient (Wildman–Crippen LogP) is 2.49. The molecule has 3 aromatic rings. The van der Waals surface area contributed by atoms with E-state index in [1.165, 1.54) is 0 Å². The lowest BCUT2D eigenvalue weighted by atomic mass is 10.1. The van der Waals surface area contributed by atoms with Crippen LogP contribution in [0.1, 0.15) is 33.3 Å². The number of fused-ring (bicyclic) bond motifs is 2. The SMILES string of the molecule is CCn1c(=O)c(C)nc2cc(C(=O)OCC(=O)c3ccc4c(c3)OCO4)ccc21. The second kappa shape index (κ2) is 7.38. The summed E-state index contributed by atoms with van der Waals surface area (Å²) in [5.41, 5.74) is 1.96. The Morgan fingerprint density at radius 2 is 1.86 bits per heavy atom. The van der Waals surface area contributed by atoms with Crippen molar-refractivity contribution in [1.82, 2.24) is 9.55 Å². The van der Waals surface area contributed by atoms with Gasteiger partial charge in [-0.25, -0.2) is 9.78 Å². The van der Waals surface area contributed by atoms with Gasteiger partial charge < -0.3 is 18.8 Å². The van der Waals surface area contributed by atoms with Gasteiger partial charge in [-0.15, -0.1) is 0 Å². The molecule has 29 heavy (non-hydrogen) atoms. The largest absolute Gasteiger partial charge is 0.454 e. The molecule has 1 aliphatic rings. The first kappa shape index (κ1) is 18.7. The van der Waals surface area contributed by atoms with Gasteiger partial charge in [0.1, 0.15) is 5.69 Å². The number of carbonyl (C=O) groups excluding carboxylic acids is 2. The molecule has 2 aromatic carbocycles. The summed E-state index contributed by atoms with van der Waals surface area (Å²) in [7, 11) is 0. The van der Waals surface area contributed by atoms with Crippen molar-refractivity contribution < 1.29 is 23.8 Å². The second-order valence-corrected chi connectivity index (χ2v) is 6.52. The monoisotopic (exact) mass is 394 g/mol. The summed E-state index contributed by atoms with van der Waals surface area (Å²) in [6.07, 6.45) is 0. The van der Waals surface area contributed by atoms with E-state index in [2.05, 4.69) is 4.98 Å². The van der Waals surface area contributed by atoms with Crippen molar-refractivity contribution in [3.05, 3.63) is 63.6 Å². The zero-order valence-corrected chi connectivity index (χ0v) is 15.9. The normalized spacial score (nSPS) is 12.2. The lowest BCUT2D eigenvalue weighted by molar-refractivity contribution is 0.0475. The Balaban J connectivity index is 1.51. The van der Waals surface area contributed by atoms with Gasteiger partial charge in [0.2, 0.25) is 6.79 Å². The first-order valence-corrected chi connectivity index (χ1v) is 9.09. The van der Waals surface area contributed by atoms with E-state index in [9.17, 15) is 14.4 Å². The Kier molecular flexibility index (Phi) is 4.75. The van der Waals surface area contributed by atoms with Crippen LogP contribution in [0, 0.1) is 6.92 Å². The lowest BCUT2D eigenvalue weighted by Gasteiger charge is -2.10. The molecule has 8 heteroatoms. The van der Waals surface area contributed by atoms with Gasteiger partial charge in [0, 0.05) is 12.1 Å². The lowest BCUT2D eigenvalue weighted by Crippen LogP contribution is -2.23. The highest BCUT2D eigenvalue weighted by Crippen LogP contribution is 2.32. The second-order valence-electron chi connectivity index (χ2n) is 6.52. The van der Waals surface area contributed by atoms with Crippen LogP contribution in [-0.4, -0.2) is 34.7 Å². The molecule has 4 rings (SSSR count). The van der Waals surface area contributed by atoms with Crippen molar-refractivity contribution >= 4 is 22.8 Å². The third kappa shape index (κ3) is 3.44. The third-order valence-corrected chi connectivity index (χ3v) is 4.69. The van der Waals surface area contributed by atoms with Gasteiger partial charge in [-0.2, -0.15) is 0 Å². The van der Waals surface area contributed by atoms with Crippen molar-refractivity contribution in [3.63, 3.8) is 0 Å². The van der Waals surface area contributed by atoms with E-state index in [1.807, 2.05) is 6.92 Å². The fourth-order valence-corrected chi connectivity index (χ4v) is 3.18. The molecule has 0 atom stereocenters. The van der Waals surface area contributed by atoms with Crippen molar-refractivity contribution in [1.29, 1.82) is 0 Å². The number of hydrogen-bond acceptors (Lipinski definition) is 7. The smallest absolute Gasteiger partial charge is 0.338 e. The Bertz CT molecular complexity index is 1200. The maximum Gasteiger partial charge on any atom is 0.338 e. The highest BCUT2D eigenvalue weighted by Gasteiger charge is 2.18. The minimum Gasteiger partial charge on any atom is -0.454 e. The first-order chi connectivity index (χ1) is 14.0. The molecule has 0 amide bonds. The first-order valence-electron chi connectivity index (χ1n) is 9.09. The summed E-state index contributed by atoms with van der Waals surface area (Å²) in [5, 5.41) is 0. The van der Waals surface area contributed by atoms with E-state index in [-0.39, 0.29) is 23.7 Å². The number of rotatable bonds is 5. The molecule has 0 spiro atoms. The standard InChI is InChI=1S/C21H18N2O6/c1-3-23-16-6-4-14(8-15(16)22-12(2)20(23)25)21(26)27-10-17(24)13-5-7-18-19(9-13)29-11-28-18/h4-9H,3,10-11H2,1-2H3. The topological polar surface area (TPSA) is 96.7 Å². The quantitative estimate of drug-likeness (QED) is 0.484. The van der Waals surface area contributed by atoms with Crippen LogP contribution in [0.5, 0.6) is 11.5 Å². The minimum atomic E-state index is -0.644. The molecule has 0 saturated carbocycles. The molecule has 2 heterocycles. The number of nitrogens with zero attached hydrogens (tertiary/aromatic N) is 2. The van der Waals surface area contributed by atoms with Gasteiger partial charge in [0.05, 0.1) is 16.6 Å². The van der Waals surface area contributed by atoms with Gasteiger partial charge in [0.25, 0.3) is 5.56 Å². The average Bonchev–Trinajstić information content (AvgIpc) is 3.20. The van der Waals surface area contributed by atoms with Crippen molar-refractivity contribution in [2.45, 2.75) is 20.4 Å². The highest BCUT2D eigenvalue weighted by atomic mass is 16.7. The zero-order chi connectivity index (χ0) is 20.5. The molecule has 1 aliphatic heterocycles. The van der Waals surface area contributed by atoms with Crippen LogP contribution in [0.3, 0.4) is 0 Å². The maximum absolute atomic E-state index is 12.4. The van der Waals surface area contributed by atoms with E-state index in [0.717, 1.165) is 0 Å². The van der Waals surface area contributed by atoms with E-state index in [4.69, 9.17) is 14.2 Å². The molecule has 0 bridgehead atoms. The summed E-state index contributed by atoms with van der Waals surface area (Å²) in [6, 6.07) is 9.56. The van der Waals surface area contributed by atoms with Gasteiger partial charge >= 0.3 is 5.97 Å². The average molecular weight is 394 g/mol. The number of aryl methyl sites for hydroxylation is 2. The number of Topliss-reactive ketones (excluding diaryl/α,β-unsaturated/α-hetero) is 1. The van der Waals surface area contributed by atoms with Crippen LogP contribution < -0.4 is 15.0 Å². The van der Waals surface area contributed by atoms with Crippen LogP contribution >= 0.6 is 0 Å². The Hall–Kier alpha value is -3.68. The summed E-state index contributed by atoms with van der Waals surface area (Å²) in [4.78, 5) is 41.2. The summed E-state index contributed by atoms with van der Waals surface area (Å²) < 4.78 is 17.2. The van der Waals surface area contributed by atoms with Crippen LogP contribution in [0.4, 0.5) is 0 Å². The molecule has 8 nitrogen and oxygen atoms in total. The van der Waals surface area contributed by atoms with E-state index in [1.54, 1.807) is 47.9 Å². The van der Waals surface area contributed by atoms with Gasteiger partial charge in [-0.05, 0) is 50.2 Å². The van der Waals surface area contributed by atoms with Gasteiger partial charge in [-0.1, -0.05) is 0 Å². The Morgan fingerprint density at radius 3 is 2.66 bits per heavy atom. The number of esters is 1. The van der Waals surface area contributed by atoms with E-state index in [0.29, 0.717) is 40.3 Å². The highest BCUT2D eigenvalue weighted by molar-refractivity contribution is 6.00. The van der Waals surface area contributed by atoms with E-state index >= 15 is 0 Å². The molecule has 0 unspecified atom stereocenters. The Labute approximate surface area is 165 Å².